The van der Waals surface area contributed by atoms with Gasteiger partial charge in [-0.3, -0.25) is 0 Å². The van der Waals surface area contributed by atoms with Crippen molar-refractivity contribution in [1.82, 2.24) is 10.6 Å². The van der Waals surface area contributed by atoms with Crippen LogP contribution < -0.4 is 15.4 Å². The number of hydrogen-bond donors (Lipinski definition) is 2. The molecule has 0 radical (unpaired) electrons. The van der Waals surface area contributed by atoms with Crippen molar-refractivity contribution in [3.8, 4) is 5.75 Å². The molecule has 2 N–H and O–H groups in total. The summed E-state index contributed by atoms with van der Waals surface area (Å²) < 4.78 is 11.4. The Morgan fingerprint density at radius 2 is 2.26 bits per heavy atom. The van der Waals surface area contributed by atoms with E-state index in [-0.39, 0.29) is 18.2 Å². The van der Waals surface area contributed by atoms with Crippen LogP contribution in [0.4, 0.5) is 4.79 Å². The average Bonchev–Trinajstić information content (AvgIpc) is 3.14. The van der Waals surface area contributed by atoms with Gasteiger partial charge >= 0.3 is 6.03 Å². The van der Waals surface area contributed by atoms with E-state index < -0.39 is 0 Å². The first kappa shape index (κ1) is 16.1. The van der Waals surface area contributed by atoms with Crippen molar-refractivity contribution < 1.29 is 14.3 Å². The van der Waals surface area contributed by atoms with Crippen molar-refractivity contribution in [3.05, 3.63) is 29.3 Å². The van der Waals surface area contributed by atoms with E-state index in [4.69, 9.17) is 9.47 Å². The summed E-state index contributed by atoms with van der Waals surface area (Å²) in [4.78, 5) is 12.1. The highest BCUT2D eigenvalue weighted by Crippen LogP contribution is 2.34. The molecule has 0 saturated carbocycles. The van der Waals surface area contributed by atoms with Crippen LogP contribution in [-0.2, 0) is 11.3 Å². The van der Waals surface area contributed by atoms with Gasteiger partial charge in [0.25, 0.3) is 0 Å². The van der Waals surface area contributed by atoms with Gasteiger partial charge in [0.15, 0.2) is 0 Å². The minimum absolute atomic E-state index is 0.114. The van der Waals surface area contributed by atoms with E-state index in [1.165, 1.54) is 0 Å². The summed E-state index contributed by atoms with van der Waals surface area (Å²) in [6.45, 7) is 5.38. The summed E-state index contributed by atoms with van der Waals surface area (Å²) in [5.41, 5.74) is 2.23. The van der Waals surface area contributed by atoms with Crippen molar-refractivity contribution in [3.63, 3.8) is 0 Å². The third-order valence-corrected chi connectivity index (χ3v) is 4.65. The maximum Gasteiger partial charge on any atom is 0.315 e. The molecule has 0 unspecified atom stereocenters. The second-order valence-corrected chi connectivity index (χ2v) is 6.48. The maximum atomic E-state index is 12.1. The van der Waals surface area contributed by atoms with Gasteiger partial charge in [-0.05, 0) is 55.9 Å². The maximum absolute atomic E-state index is 12.1. The number of nitrogens with one attached hydrogen (secondary N) is 2. The van der Waals surface area contributed by atoms with Crippen LogP contribution in [0.15, 0.2) is 18.2 Å². The average molecular weight is 318 g/mol. The first-order valence-corrected chi connectivity index (χ1v) is 8.58. The van der Waals surface area contributed by atoms with E-state index in [0.29, 0.717) is 12.6 Å². The molecule has 1 aromatic carbocycles. The summed E-state index contributed by atoms with van der Waals surface area (Å²) in [5.74, 6) is 0.886. The van der Waals surface area contributed by atoms with Gasteiger partial charge in [0.1, 0.15) is 5.75 Å². The molecule has 2 saturated heterocycles. The Morgan fingerprint density at radius 1 is 1.39 bits per heavy atom. The lowest BCUT2D eigenvalue weighted by molar-refractivity contribution is 0.0981. The largest absolute Gasteiger partial charge is 0.494 e. The number of carbonyl (C=O) groups is 1. The first-order chi connectivity index (χ1) is 11.2. The zero-order valence-electron chi connectivity index (χ0n) is 13.9. The summed E-state index contributed by atoms with van der Waals surface area (Å²) in [7, 11) is 0. The Labute approximate surface area is 137 Å². The molecule has 3 atom stereocenters. The van der Waals surface area contributed by atoms with Crippen molar-refractivity contribution >= 4 is 6.03 Å². The van der Waals surface area contributed by atoms with E-state index in [1.54, 1.807) is 0 Å². The fraction of sp³-hybridized carbons (Fsp3) is 0.611. The molecular weight excluding hydrogens is 292 g/mol. The zero-order chi connectivity index (χ0) is 16.2. The molecule has 0 aliphatic carbocycles. The van der Waals surface area contributed by atoms with Crippen LogP contribution in [-0.4, -0.2) is 30.9 Å². The monoisotopic (exact) mass is 318 g/mol. The molecule has 5 heteroatoms. The lowest BCUT2D eigenvalue weighted by atomic mass is 9.96. The highest BCUT2D eigenvalue weighted by Gasteiger charge is 2.41. The third kappa shape index (κ3) is 3.96. The Morgan fingerprint density at radius 3 is 2.91 bits per heavy atom. The number of hydrogen-bond acceptors (Lipinski definition) is 3. The Hall–Kier alpha value is -1.75. The Balaban J connectivity index is 1.47. The van der Waals surface area contributed by atoms with Crippen LogP contribution in [0, 0.1) is 6.92 Å². The van der Waals surface area contributed by atoms with Gasteiger partial charge < -0.3 is 20.1 Å². The number of aryl methyl sites for hydroxylation is 1. The molecule has 0 aromatic heterocycles. The van der Waals surface area contributed by atoms with Crippen LogP contribution in [0.1, 0.15) is 43.7 Å². The number of rotatable bonds is 6. The van der Waals surface area contributed by atoms with E-state index in [9.17, 15) is 4.79 Å². The van der Waals surface area contributed by atoms with E-state index in [1.807, 2.05) is 25.1 Å². The lowest BCUT2D eigenvalue weighted by Crippen LogP contribution is -2.46. The Bertz CT molecular complexity index is 561. The third-order valence-electron chi connectivity index (χ3n) is 4.65. The summed E-state index contributed by atoms with van der Waals surface area (Å²) in [5, 5.41) is 5.98. The number of benzene rings is 1. The molecule has 1 aromatic rings. The smallest absolute Gasteiger partial charge is 0.315 e. The highest BCUT2D eigenvalue weighted by atomic mass is 16.5. The van der Waals surface area contributed by atoms with Crippen LogP contribution in [0.5, 0.6) is 5.75 Å². The van der Waals surface area contributed by atoms with Crippen molar-refractivity contribution in [2.24, 2.45) is 0 Å². The van der Waals surface area contributed by atoms with Gasteiger partial charge in [-0.1, -0.05) is 13.0 Å². The highest BCUT2D eigenvalue weighted by molar-refractivity contribution is 5.74. The molecule has 2 bridgehead atoms. The van der Waals surface area contributed by atoms with Crippen molar-refractivity contribution in [2.75, 3.05) is 6.61 Å². The van der Waals surface area contributed by atoms with Gasteiger partial charge in [0.2, 0.25) is 0 Å². The van der Waals surface area contributed by atoms with Crippen molar-refractivity contribution in [1.29, 1.82) is 0 Å². The van der Waals surface area contributed by atoms with Gasteiger partial charge in [0, 0.05) is 6.54 Å². The molecule has 2 aliphatic heterocycles. The van der Waals surface area contributed by atoms with E-state index in [0.717, 1.165) is 49.2 Å². The van der Waals surface area contributed by atoms with Gasteiger partial charge in [-0.25, -0.2) is 4.79 Å². The van der Waals surface area contributed by atoms with Crippen LogP contribution in [0.3, 0.4) is 0 Å². The van der Waals surface area contributed by atoms with Gasteiger partial charge in [-0.15, -0.1) is 0 Å². The molecule has 23 heavy (non-hydrogen) atoms. The molecule has 0 spiro atoms. The molecule has 126 valence electrons. The van der Waals surface area contributed by atoms with E-state index in [2.05, 4.69) is 17.6 Å². The quantitative estimate of drug-likeness (QED) is 0.848. The fourth-order valence-corrected chi connectivity index (χ4v) is 3.36. The minimum atomic E-state index is -0.114. The number of carbonyl (C=O) groups excluding carboxylic acids is 1. The number of ether oxygens (including phenoxy) is 2. The number of fused-ring (bicyclic) bond motifs is 2. The predicted octanol–water partition coefficient (Wildman–Crippen LogP) is 2.90. The lowest BCUT2D eigenvalue weighted by Gasteiger charge is -2.20. The standard InChI is InChI=1S/C18H26N2O3/c1-3-8-22-14-5-4-13(12(2)9-14)11-19-18(21)20-16-10-15-6-7-17(16)23-15/h4-5,9,15-17H,3,6-8,10-11H2,1-2H3,(H2,19,20,21)/t15-,16-,17+/m1/s1. The van der Waals surface area contributed by atoms with E-state index >= 15 is 0 Å². The molecule has 2 amide bonds. The SMILES string of the molecule is CCCOc1ccc(CNC(=O)N[C@@H]2C[C@H]3CC[C@@H]2O3)c(C)c1. The summed E-state index contributed by atoms with van der Waals surface area (Å²) in [6.07, 6.45) is 4.70. The fourth-order valence-electron chi connectivity index (χ4n) is 3.36. The zero-order valence-corrected chi connectivity index (χ0v) is 13.9. The molecule has 3 rings (SSSR count). The summed E-state index contributed by atoms with van der Waals surface area (Å²) in [6, 6.07) is 6.05. The summed E-state index contributed by atoms with van der Waals surface area (Å²) >= 11 is 0. The van der Waals surface area contributed by atoms with Gasteiger partial charge in [0.05, 0.1) is 24.9 Å². The Kier molecular flexibility index (Phi) is 5.06. The van der Waals surface area contributed by atoms with Crippen LogP contribution in [0.25, 0.3) is 0 Å². The molecule has 2 fully saturated rings. The second kappa shape index (κ2) is 7.21. The number of urea groups is 1. The topological polar surface area (TPSA) is 59.6 Å². The molecule has 2 heterocycles. The molecule has 5 nitrogen and oxygen atoms in total. The first-order valence-electron chi connectivity index (χ1n) is 8.58. The normalized spacial score (nSPS) is 25.4. The minimum Gasteiger partial charge on any atom is -0.494 e. The van der Waals surface area contributed by atoms with Crippen molar-refractivity contribution in [2.45, 2.75) is 64.3 Å². The second-order valence-electron chi connectivity index (χ2n) is 6.48. The predicted molar refractivity (Wildman–Crippen MR) is 88.6 cm³/mol. The van der Waals surface area contributed by atoms with Crippen LogP contribution in [0.2, 0.25) is 0 Å². The molecule has 2 aliphatic rings. The van der Waals surface area contributed by atoms with Gasteiger partial charge in [-0.2, -0.15) is 0 Å². The number of amides is 2. The molecular formula is C18H26N2O3. The van der Waals surface area contributed by atoms with Crippen LogP contribution >= 0.6 is 0 Å².